The van der Waals surface area contributed by atoms with Gasteiger partial charge in [-0.2, -0.15) is 5.10 Å². The molecule has 0 spiro atoms. The summed E-state index contributed by atoms with van der Waals surface area (Å²) in [6.45, 7) is 6.66. The van der Waals surface area contributed by atoms with Crippen LogP contribution in [0.4, 0.5) is 0 Å². The molecule has 1 aliphatic carbocycles. The number of aromatic nitrogens is 3. The van der Waals surface area contributed by atoms with E-state index in [0.717, 1.165) is 16.5 Å². The Hall–Kier alpha value is -0.640. The van der Waals surface area contributed by atoms with Crippen molar-refractivity contribution in [3.8, 4) is 0 Å². The predicted molar refractivity (Wildman–Crippen MR) is 72.8 cm³/mol. The van der Waals surface area contributed by atoms with Crippen molar-refractivity contribution in [2.24, 2.45) is 5.92 Å². The summed E-state index contributed by atoms with van der Waals surface area (Å²) in [5.41, 5.74) is 0. The first-order valence-corrected chi connectivity index (χ1v) is 7.22. The van der Waals surface area contributed by atoms with Crippen LogP contribution in [0.3, 0.4) is 0 Å². The molecule has 1 aromatic heterocycles. The lowest BCUT2D eigenvalue weighted by Crippen LogP contribution is -2.25. The zero-order chi connectivity index (χ0) is 12.4. The maximum atomic E-state index is 5.42. The second-order valence-corrected chi connectivity index (χ2v) is 5.82. The Bertz CT molecular complexity index is 419. The number of nitrogens with zero attached hydrogens (tertiary/aromatic N) is 2. The molecule has 96 valence electrons. The van der Waals surface area contributed by atoms with Crippen molar-refractivity contribution in [2.75, 3.05) is 0 Å². The van der Waals surface area contributed by atoms with Crippen molar-refractivity contribution in [3.63, 3.8) is 0 Å². The molecule has 0 amide bonds. The minimum Gasteiger partial charge on any atom is -0.301 e. The van der Waals surface area contributed by atoms with Gasteiger partial charge in [-0.25, -0.2) is 0 Å². The van der Waals surface area contributed by atoms with Crippen LogP contribution in [0, 0.1) is 10.7 Å². The van der Waals surface area contributed by atoms with E-state index < -0.39 is 0 Å². The Balaban J connectivity index is 2.37. The van der Waals surface area contributed by atoms with Gasteiger partial charge in [0.25, 0.3) is 0 Å². The largest absolute Gasteiger partial charge is 0.301 e. The van der Waals surface area contributed by atoms with Crippen LogP contribution < -0.4 is 0 Å². The standard InChI is InChI=1S/C13H23N3S/c1-4-10-7-5-6-8-11(10)16-12(9(2)3)14-15-13(16)17/h9-11H,4-8H2,1-3H3,(H,15,17). The monoisotopic (exact) mass is 253 g/mol. The van der Waals surface area contributed by atoms with Crippen LogP contribution in [0.15, 0.2) is 0 Å². The fraction of sp³-hybridized carbons (Fsp3) is 0.846. The summed E-state index contributed by atoms with van der Waals surface area (Å²) >= 11 is 5.42. The van der Waals surface area contributed by atoms with Crippen LogP contribution >= 0.6 is 12.2 Å². The highest BCUT2D eigenvalue weighted by molar-refractivity contribution is 7.71. The van der Waals surface area contributed by atoms with E-state index in [1.54, 1.807) is 0 Å². The van der Waals surface area contributed by atoms with Gasteiger partial charge in [0.1, 0.15) is 5.82 Å². The molecule has 3 nitrogen and oxygen atoms in total. The molecule has 17 heavy (non-hydrogen) atoms. The number of hydrogen-bond donors (Lipinski definition) is 1. The van der Waals surface area contributed by atoms with Crippen molar-refractivity contribution in [1.82, 2.24) is 14.8 Å². The van der Waals surface area contributed by atoms with Gasteiger partial charge in [-0.3, -0.25) is 5.10 Å². The van der Waals surface area contributed by atoms with E-state index in [4.69, 9.17) is 12.2 Å². The molecular formula is C13H23N3S. The molecule has 4 heteroatoms. The van der Waals surface area contributed by atoms with Gasteiger partial charge < -0.3 is 4.57 Å². The van der Waals surface area contributed by atoms with Crippen molar-refractivity contribution in [1.29, 1.82) is 0 Å². The number of aromatic amines is 1. The summed E-state index contributed by atoms with van der Waals surface area (Å²) in [4.78, 5) is 0. The molecule has 1 saturated carbocycles. The Labute approximate surface area is 109 Å². The van der Waals surface area contributed by atoms with E-state index in [-0.39, 0.29) is 0 Å². The van der Waals surface area contributed by atoms with Crippen LogP contribution in [0.2, 0.25) is 0 Å². The van der Waals surface area contributed by atoms with Crippen LogP contribution in [0.1, 0.15) is 70.7 Å². The molecule has 1 N–H and O–H groups in total. The van der Waals surface area contributed by atoms with Crippen molar-refractivity contribution in [3.05, 3.63) is 10.6 Å². The number of hydrogen-bond acceptors (Lipinski definition) is 2. The van der Waals surface area contributed by atoms with Gasteiger partial charge in [-0.05, 0) is 31.0 Å². The smallest absolute Gasteiger partial charge is 0.195 e. The van der Waals surface area contributed by atoms with Gasteiger partial charge >= 0.3 is 0 Å². The summed E-state index contributed by atoms with van der Waals surface area (Å²) in [6, 6.07) is 0.567. The number of H-pyrrole nitrogens is 1. The average Bonchev–Trinajstić information content (AvgIpc) is 2.71. The summed E-state index contributed by atoms with van der Waals surface area (Å²) in [7, 11) is 0. The molecule has 0 radical (unpaired) electrons. The van der Waals surface area contributed by atoms with E-state index in [1.807, 2.05) is 0 Å². The van der Waals surface area contributed by atoms with Crippen LogP contribution in [-0.2, 0) is 0 Å². The van der Waals surface area contributed by atoms with E-state index in [2.05, 4.69) is 35.5 Å². The van der Waals surface area contributed by atoms with Gasteiger partial charge in [0.05, 0.1) is 0 Å². The van der Waals surface area contributed by atoms with Gasteiger partial charge in [-0.15, -0.1) is 0 Å². The van der Waals surface area contributed by atoms with E-state index >= 15 is 0 Å². The average molecular weight is 253 g/mol. The molecule has 1 aliphatic rings. The molecule has 0 saturated heterocycles. The van der Waals surface area contributed by atoms with Crippen molar-refractivity contribution < 1.29 is 0 Å². The third-order valence-electron chi connectivity index (χ3n) is 3.97. The molecule has 0 aromatic carbocycles. The van der Waals surface area contributed by atoms with Crippen LogP contribution in [0.5, 0.6) is 0 Å². The summed E-state index contributed by atoms with van der Waals surface area (Å²) in [5.74, 6) is 2.33. The maximum absolute atomic E-state index is 5.42. The van der Waals surface area contributed by atoms with Crippen LogP contribution in [-0.4, -0.2) is 14.8 Å². The third kappa shape index (κ3) is 2.46. The molecular weight excluding hydrogens is 230 g/mol. The normalized spacial score (nSPS) is 25.4. The summed E-state index contributed by atoms with van der Waals surface area (Å²) in [6.07, 6.45) is 6.54. The topological polar surface area (TPSA) is 33.6 Å². The molecule has 2 atom stereocenters. The Kier molecular flexibility index (Phi) is 4.02. The first-order valence-electron chi connectivity index (χ1n) is 6.82. The lowest BCUT2D eigenvalue weighted by molar-refractivity contribution is 0.225. The lowest BCUT2D eigenvalue weighted by atomic mass is 9.82. The minimum absolute atomic E-state index is 0.433. The fourth-order valence-corrected chi connectivity index (χ4v) is 3.32. The van der Waals surface area contributed by atoms with E-state index in [0.29, 0.717) is 12.0 Å². The molecule has 1 fully saturated rings. The van der Waals surface area contributed by atoms with Crippen molar-refractivity contribution in [2.45, 2.75) is 64.8 Å². The highest BCUT2D eigenvalue weighted by Gasteiger charge is 2.28. The predicted octanol–water partition coefficient (Wildman–Crippen LogP) is 4.21. The quantitative estimate of drug-likeness (QED) is 0.819. The maximum Gasteiger partial charge on any atom is 0.195 e. The second-order valence-electron chi connectivity index (χ2n) is 5.43. The summed E-state index contributed by atoms with van der Waals surface area (Å²) < 4.78 is 3.10. The molecule has 0 aliphatic heterocycles. The third-order valence-corrected chi connectivity index (χ3v) is 4.26. The molecule has 1 aromatic rings. The first kappa shape index (κ1) is 12.8. The molecule has 2 unspecified atom stereocenters. The SMILES string of the molecule is CCC1CCCCC1n1c(C(C)C)n[nH]c1=S. The highest BCUT2D eigenvalue weighted by Crippen LogP contribution is 2.37. The lowest BCUT2D eigenvalue weighted by Gasteiger charge is -2.32. The molecule has 0 bridgehead atoms. The van der Waals surface area contributed by atoms with Gasteiger partial charge in [-0.1, -0.05) is 40.0 Å². The van der Waals surface area contributed by atoms with Gasteiger partial charge in [0, 0.05) is 12.0 Å². The Morgan fingerprint density at radius 3 is 2.76 bits per heavy atom. The highest BCUT2D eigenvalue weighted by atomic mass is 32.1. The molecule has 2 rings (SSSR count). The number of nitrogens with one attached hydrogen (secondary N) is 1. The van der Waals surface area contributed by atoms with Crippen molar-refractivity contribution >= 4 is 12.2 Å². The van der Waals surface area contributed by atoms with Crippen LogP contribution in [0.25, 0.3) is 0 Å². The zero-order valence-electron chi connectivity index (χ0n) is 11.1. The second kappa shape index (κ2) is 5.34. The number of rotatable bonds is 3. The fourth-order valence-electron chi connectivity index (χ4n) is 3.05. The zero-order valence-corrected chi connectivity index (χ0v) is 11.9. The summed E-state index contributed by atoms with van der Waals surface area (Å²) in [5, 5.41) is 7.38. The first-order chi connectivity index (χ1) is 8.15. The van der Waals surface area contributed by atoms with Gasteiger partial charge in [0.2, 0.25) is 0 Å². The molecule has 1 heterocycles. The van der Waals surface area contributed by atoms with E-state index in [9.17, 15) is 0 Å². The minimum atomic E-state index is 0.433. The van der Waals surface area contributed by atoms with Gasteiger partial charge in [0.15, 0.2) is 4.77 Å². The Morgan fingerprint density at radius 2 is 2.12 bits per heavy atom. The van der Waals surface area contributed by atoms with E-state index in [1.165, 1.54) is 32.1 Å². The Morgan fingerprint density at radius 1 is 1.41 bits per heavy atom.